The molecule has 0 aromatic heterocycles. The van der Waals surface area contributed by atoms with Gasteiger partial charge in [-0.2, -0.15) is 0 Å². The summed E-state index contributed by atoms with van der Waals surface area (Å²) in [7, 11) is 1.00. The van der Waals surface area contributed by atoms with Crippen LogP contribution in [0, 0.1) is 11.8 Å². The molecular weight excluding hydrogens is 853 g/mol. The molecule has 6 aromatic rings. The van der Waals surface area contributed by atoms with E-state index < -0.39 is 5.54 Å². The molecule has 70 heavy (non-hydrogen) atoms. The van der Waals surface area contributed by atoms with Crippen LogP contribution in [0.5, 0.6) is 0 Å². The first kappa shape index (κ1) is 47.8. The molecule has 1 heterocycles. The predicted octanol–water partition coefficient (Wildman–Crippen LogP) is 14.9. The molecule has 6 aromatic carbocycles. The fourth-order valence-corrected chi connectivity index (χ4v) is 11.9. The number of benzene rings is 6. The lowest BCUT2D eigenvalue weighted by Gasteiger charge is -2.54. The second kappa shape index (κ2) is 21.6. The van der Waals surface area contributed by atoms with Crippen LogP contribution in [0.2, 0.25) is 0 Å². The molecular formula is C65H66N4O. The van der Waals surface area contributed by atoms with Crippen molar-refractivity contribution < 1.29 is 5.11 Å². The number of nitrogens with zero attached hydrogens (tertiary/aromatic N) is 1. The molecule has 5 N–H and O–H groups in total. The number of anilines is 3. The van der Waals surface area contributed by atoms with Crippen LogP contribution in [0.25, 0.3) is 11.1 Å². The standard InChI is InChI=1S/C64H62N4.CH4O/c1-4-6-7-17-29-55(42-51(22-5-2)48-25-13-9-14-26-48)68-62-33-21-18-30-56(62)58-43-52-39-41-64(58,68)63(40-38-53(52)45-63)57-31-19-20-32-60(57)67-54-36-34-50(35-37-54)61(44-59(65)49-27-15-10-16-28-49)66-46(3)47-23-11-8-12-24-47;1-2/h4-38,40,42-43,46,52-53,59,61,66-67H,1-2,39,41,44-45,65H2,3H3;2H,1H3/b7-6+,29-17+,51-22+,55-42+;/t46-,52?,53?,59?,61?,63-,64?;/m1./s1. The van der Waals surface area contributed by atoms with E-state index in [2.05, 4.69) is 242 Å². The molecule has 5 heteroatoms. The van der Waals surface area contributed by atoms with Gasteiger partial charge in [0.1, 0.15) is 0 Å². The highest BCUT2D eigenvalue weighted by molar-refractivity contribution is 5.97. The predicted molar refractivity (Wildman–Crippen MR) is 295 cm³/mol. The van der Waals surface area contributed by atoms with E-state index in [4.69, 9.17) is 10.8 Å². The Labute approximate surface area is 416 Å². The van der Waals surface area contributed by atoms with E-state index in [9.17, 15) is 0 Å². The molecule has 5 aliphatic rings. The molecule has 352 valence electrons. The first-order valence-electron chi connectivity index (χ1n) is 24.8. The Morgan fingerprint density at radius 3 is 2.14 bits per heavy atom. The van der Waals surface area contributed by atoms with Crippen molar-refractivity contribution >= 4 is 28.2 Å². The third-order valence-corrected chi connectivity index (χ3v) is 15.0. The number of rotatable bonds is 17. The first-order valence-corrected chi connectivity index (χ1v) is 24.8. The van der Waals surface area contributed by atoms with Crippen LogP contribution in [-0.4, -0.2) is 17.8 Å². The lowest BCUT2D eigenvalue weighted by molar-refractivity contribution is 0.324. The smallest absolute Gasteiger partial charge is 0.0838 e. The summed E-state index contributed by atoms with van der Waals surface area (Å²) in [5.74, 6) is 0.914. The third-order valence-electron chi connectivity index (χ3n) is 15.0. The van der Waals surface area contributed by atoms with E-state index >= 15 is 0 Å². The van der Waals surface area contributed by atoms with Crippen LogP contribution in [-0.2, 0) is 5.41 Å². The minimum Gasteiger partial charge on any atom is -0.400 e. The van der Waals surface area contributed by atoms with Gasteiger partial charge in [-0.05, 0) is 120 Å². The Morgan fingerprint density at radius 1 is 0.743 bits per heavy atom. The number of hydrogen-bond acceptors (Lipinski definition) is 5. The van der Waals surface area contributed by atoms with Gasteiger partial charge in [0.05, 0.1) is 5.54 Å². The van der Waals surface area contributed by atoms with Gasteiger partial charge in [0.25, 0.3) is 0 Å². The highest BCUT2D eigenvalue weighted by Crippen LogP contribution is 2.69. The lowest BCUT2D eigenvalue weighted by atomic mass is 9.58. The molecule has 4 aliphatic carbocycles. The van der Waals surface area contributed by atoms with Crippen LogP contribution < -0.4 is 21.3 Å². The van der Waals surface area contributed by atoms with Gasteiger partial charge in [0.15, 0.2) is 0 Å². The minimum atomic E-state index is -0.420. The Bertz CT molecular complexity index is 2900. The number of hydrogen-bond donors (Lipinski definition) is 4. The van der Waals surface area contributed by atoms with E-state index in [0.29, 0.717) is 11.8 Å². The maximum absolute atomic E-state index is 7.00. The number of para-hydroxylation sites is 2. The highest BCUT2D eigenvalue weighted by atomic mass is 16.2. The number of aliphatic hydroxyl groups excluding tert-OH is 1. The lowest BCUT2D eigenvalue weighted by Crippen LogP contribution is -2.59. The van der Waals surface area contributed by atoms with Crippen LogP contribution in [0.15, 0.2) is 249 Å². The molecule has 1 spiro atoms. The van der Waals surface area contributed by atoms with Crippen molar-refractivity contribution in [2.45, 2.75) is 61.7 Å². The van der Waals surface area contributed by atoms with Gasteiger partial charge >= 0.3 is 0 Å². The molecule has 7 atom stereocenters. The molecule has 1 fully saturated rings. The summed E-state index contributed by atoms with van der Waals surface area (Å²) in [4.78, 5) is 2.72. The van der Waals surface area contributed by atoms with E-state index in [1.165, 1.54) is 33.5 Å². The van der Waals surface area contributed by atoms with Crippen molar-refractivity contribution in [3.8, 4) is 0 Å². The Morgan fingerprint density at radius 2 is 1.41 bits per heavy atom. The number of aliphatic hydroxyl groups is 1. The van der Waals surface area contributed by atoms with Crippen molar-refractivity contribution in [2.75, 3.05) is 17.3 Å². The quantitative estimate of drug-likeness (QED) is 0.0542. The van der Waals surface area contributed by atoms with Crippen molar-refractivity contribution in [1.29, 1.82) is 0 Å². The molecule has 4 bridgehead atoms. The molecule has 0 radical (unpaired) electrons. The summed E-state index contributed by atoms with van der Waals surface area (Å²) in [5.41, 5.74) is 20.7. The van der Waals surface area contributed by atoms with Crippen molar-refractivity contribution in [1.82, 2.24) is 5.32 Å². The van der Waals surface area contributed by atoms with Gasteiger partial charge in [-0.25, -0.2) is 0 Å². The van der Waals surface area contributed by atoms with Crippen molar-refractivity contribution in [2.24, 2.45) is 17.6 Å². The maximum atomic E-state index is 7.00. The normalized spacial score (nSPS) is 22.3. The Balaban J connectivity index is 0.00000300. The summed E-state index contributed by atoms with van der Waals surface area (Å²) >= 11 is 0. The van der Waals surface area contributed by atoms with Gasteiger partial charge in [-0.1, -0.05) is 207 Å². The first-order chi connectivity index (χ1) is 34.4. The SMILES string of the molecule is C=C/C=C/C=C/C(=C\C(=C/C=C)c1ccccc1)N1c2ccccc2C2=CC3CCC21[C@]1(c2ccccc2Nc2ccc(C(CC(N)c4ccccc4)N[C@H](C)c4ccccc4)cc2)C=CC3C1.CO. The van der Waals surface area contributed by atoms with E-state index in [1.54, 1.807) is 0 Å². The number of allylic oxidation sites excluding steroid dienone is 11. The number of nitrogens with two attached hydrogens (primary N) is 1. The number of nitrogens with one attached hydrogen (secondary N) is 2. The molecule has 1 aliphatic heterocycles. The van der Waals surface area contributed by atoms with Crippen LogP contribution in [0.1, 0.15) is 84.1 Å². The second-order valence-corrected chi connectivity index (χ2v) is 18.9. The zero-order valence-corrected chi connectivity index (χ0v) is 40.5. The average molecular weight is 919 g/mol. The summed E-state index contributed by atoms with van der Waals surface area (Å²) in [6, 6.07) is 59.1. The summed E-state index contributed by atoms with van der Waals surface area (Å²) in [6.45, 7) is 10.4. The summed E-state index contributed by atoms with van der Waals surface area (Å²) in [6.07, 6.45) is 28.5. The van der Waals surface area contributed by atoms with E-state index in [0.717, 1.165) is 66.6 Å². The Kier molecular flexibility index (Phi) is 14.7. The third kappa shape index (κ3) is 9.16. The summed E-state index contributed by atoms with van der Waals surface area (Å²) < 4.78 is 0. The number of fused-ring (bicyclic) bond motifs is 2. The van der Waals surface area contributed by atoms with Crippen LogP contribution >= 0.6 is 0 Å². The van der Waals surface area contributed by atoms with Crippen LogP contribution in [0.4, 0.5) is 17.1 Å². The van der Waals surface area contributed by atoms with Gasteiger partial charge in [-0.3, -0.25) is 0 Å². The highest BCUT2D eigenvalue weighted by Gasteiger charge is 2.66. The second-order valence-electron chi connectivity index (χ2n) is 18.9. The van der Waals surface area contributed by atoms with E-state index in [-0.39, 0.29) is 23.5 Å². The van der Waals surface area contributed by atoms with Gasteiger partial charge in [0, 0.05) is 59.0 Å². The maximum Gasteiger partial charge on any atom is 0.0838 e. The Hall–Kier alpha value is -7.28. The monoisotopic (exact) mass is 919 g/mol. The molecule has 5 unspecified atom stereocenters. The largest absolute Gasteiger partial charge is 0.400 e. The van der Waals surface area contributed by atoms with Gasteiger partial charge < -0.3 is 26.4 Å². The summed E-state index contributed by atoms with van der Waals surface area (Å²) in [5, 5.41) is 15.0. The fourth-order valence-electron chi connectivity index (χ4n) is 11.9. The molecule has 1 saturated carbocycles. The average Bonchev–Trinajstić information content (AvgIpc) is 3.93. The fraction of sp³-hybridized carbons (Fsp3) is 0.200. The van der Waals surface area contributed by atoms with Gasteiger partial charge in [0.2, 0.25) is 0 Å². The molecule has 0 amide bonds. The van der Waals surface area contributed by atoms with Crippen LogP contribution in [0.3, 0.4) is 0 Å². The van der Waals surface area contributed by atoms with Gasteiger partial charge in [-0.15, -0.1) is 0 Å². The van der Waals surface area contributed by atoms with Crippen molar-refractivity contribution in [3.05, 3.63) is 283 Å². The zero-order valence-electron chi connectivity index (χ0n) is 40.5. The zero-order chi connectivity index (χ0) is 48.5. The molecule has 0 saturated heterocycles. The minimum absolute atomic E-state index is 0.0362. The van der Waals surface area contributed by atoms with Crippen molar-refractivity contribution in [3.63, 3.8) is 0 Å². The molecule has 11 rings (SSSR count). The topological polar surface area (TPSA) is 73.5 Å². The molecule has 5 nitrogen and oxygen atoms in total. The van der Waals surface area contributed by atoms with E-state index in [1.807, 2.05) is 24.3 Å².